The fourth-order valence-electron chi connectivity index (χ4n) is 4.56. The Hall–Kier alpha value is -0.0800. The lowest BCUT2D eigenvalue weighted by atomic mass is 9.85. The maximum absolute atomic E-state index is 6.42. The molecule has 3 aliphatic rings. The number of hydrogen-bond donors (Lipinski definition) is 1. The molecule has 1 saturated heterocycles. The highest BCUT2D eigenvalue weighted by Crippen LogP contribution is 2.42. The lowest BCUT2D eigenvalue weighted by molar-refractivity contribution is 0.224. The standard InChI is InChI=1S/C15H28N2/c1-15(2)7-6-13(14(15)16)10-17-8-11-4-3-5-12(11)9-17/h11-14H,3-10,16H2,1-2H3. The Morgan fingerprint density at radius 1 is 1.12 bits per heavy atom. The Kier molecular flexibility index (Phi) is 2.99. The molecule has 0 spiro atoms. The maximum atomic E-state index is 6.42. The number of nitrogens with two attached hydrogens (primary N) is 1. The van der Waals surface area contributed by atoms with E-state index in [0.29, 0.717) is 11.5 Å². The third kappa shape index (κ3) is 2.15. The summed E-state index contributed by atoms with van der Waals surface area (Å²) in [6.45, 7) is 8.70. The fourth-order valence-corrected chi connectivity index (χ4v) is 4.56. The van der Waals surface area contributed by atoms with Crippen LogP contribution in [0.25, 0.3) is 0 Å². The highest BCUT2D eigenvalue weighted by atomic mass is 15.2. The molecule has 2 nitrogen and oxygen atoms in total. The minimum absolute atomic E-state index is 0.375. The molecule has 0 aromatic heterocycles. The molecule has 0 aromatic rings. The molecule has 4 unspecified atom stereocenters. The molecule has 2 saturated carbocycles. The molecule has 2 heteroatoms. The predicted octanol–water partition coefficient (Wildman–Crippen LogP) is 2.48. The Balaban J connectivity index is 1.55. The smallest absolute Gasteiger partial charge is 0.0131 e. The molecule has 2 N–H and O–H groups in total. The third-order valence-corrected chi connectivity index (χ3v) is 5.86. The van der Waals surface area contributed by atoms with E-state index < -0.39 is 0 Å². The Labute approximate surface area is 106 Å². The van der Waals surface area contributed by atoms with Crippen molar-refractivity contribution in [3.05, 3.63) is 0 Å². The number of likely N-dealkylation sites (tertiary alicyclic amines) is 1. The number of fused-ring (bicyclic) bond motifs is 1. The summed E-state index contributed by atoms with van der Waals surface area (Å²) in [5.41, 5.74) is 6.80. The predicted molar refractivity (Wildman–Crippen MR) is 71.8 cm³/mol. The number of hydrogen-bond acceptors (Lipinski definition) is 2. The molecular formula is C15H28N2. The fraction of sp³-hybridized carbons (Fsp3) is 1.00. The lowest BCUT2D eigenvalue weighted by Gasteiger charge is -2.29. The minimum atomic E-state index is 0.375. The first kappa shape index (κ1) is 12.0. The first-order valence-electron chi connectivity index (χ1n) is 7.54. The van der Waals surface area contributed by atoms with Gasteiger partial charge in [0.2, 0.25) is 0 Å². The second-order valence-corrected chi connectivity index (χ2v) is 7.48. The largest absolute Gasteiger partial charge is 0.327 e. The molecule has 1 heterocycles. The summed E-state index contributed by atoms with van der Waals surface area (Å²) in [4.78, 5) is 2.72. The van der Waals surface area contributed by atoms with Gasteiger partial charge in [0.15, 0.2) is 0 Å². The molecule has 1 aliphatic heterocycles. The van der Waals surface area contributed by atoms with Crippen LogP contribution in [0.5, 0.6) is 0 Å². The molecule has 0 amide bonds. The van der Waals surface area contributed by atoms with E-state index in [0.717, 1.165) is 17.8 Å². The second-order valence-electron chi connectivity index (χ2n) is 7.48. The van der Waals surface area contributed by atoms with E-state index in [9.17, 15) is 0 Å². The zero-order valence-corrected chi connectivity index (χ0v) is 11.5. The molecule has 0 aromatic carbocycles. The number of rotatable bonds is 2. The van der Waals surface area contributed by atoms with Gasteiger partial charge in [0.05, 0.1) is 0 Å². The van der Waals surface area contributed by atoms with E-state index in [1.54, 1.807) is 0 Å². The van der Waals surface area contributed by atoms with Gasteiger partial charge in [-0.1, -0.05) is 20.3 Å². The first-order chi connectivity index (χ1) is 8.06. The van der Waals surface area contributed by atoms with Crippen molar-refractivity contribution in [3.63, 3.8) is 0 Å². The SMILES string of the molecule is CC1(C)CCC(CN2CC3CCCC3C2)C1N. The van der Waals surface area contributed by atoms with Crippen LogP contribution in [0.3, 0.4) is 0 Å². The van der Waals surface area contributed by atoms with E-state index in [2.05, 4.69) is 18.7 Å². The Morgan fingerprint density at radius 3 is 2.29 bits per heavy atom. The van der Waals surface area contributed by atoms with Gasteiger partial charge in [-0.2, -0.15) is 0 Å². The van der Waals surface area contributed by atoms with E-state index >= 15 is 0 Å². The van der Waals surface area contributed by atoms with Gasteiger partial charge in [0, 0.05) is 25.7 Å². The van der Waals surface area contributed by atoms with Gasteiger partial charge in [-0.3, -0.25) is 0 Å². The minimum Gasteiger partial charge on any atom is -0.327 e. The summed E-state index contributed by atoms with van der Waals surface area (Å²) >= 11 is 0. The normalized spacial score (nSPS) is 45.4. The van der Waals surface area contributed by atoms with Crippen molar-refractivity contribution in [1.29, 1.82) is 0 Å². The highest BCUT2D eigenvalue weighted by Gasteiger charge is 2.42. The van der Waals surface area contributed by atoms with Gasteiger partial charge in [0.25, 0.3) is 0 Å². The van der Waals surface area contributed by atoms with Crippen LogP contribution in [-0.2, 0) is 0 Å². The zero-order valence-electron chi connectivity index (χ0n) is 11.5. The summed E-state index contributed by atoms with van der Waals surface area (Å²) in [6.07, 6.45) is 7.13. The van der Waals surface area contributed by atoms with E-state index in [1.807, 2.05) is 0 Å². The topological polar surface area (TPSA) is 29.3 Å². The van der Waals surface area contributed by atoms with Crippen LogP contribution in [0, 0.1) is 23.2 Å². The second kappa shape index (κ2) is 4.24. The first-order valence-corrected chi connectivity index (χ1v) is 7.54. The highest BCUT2D eigenvalue weighted by molar-refractivity contribution is 4.97. The van der Waals surface area contributed by atoms with Gasteiger partial charge in [0.1, 0.15) is 0 Å². The summed E-state index contributed by atoms with van der Waals surface area (Å²) in [6, 6.07) is 0.419. The summed E-state index contributed by atoms with van der Waals surface area (Å²) in [7, 11) is 0. The number of nitrogens with zero attached hydrogens (tertiary/aromatic N) is 1. The van der Waals surface area contributed by atoms with E-state index in [1.165, 1.54) is 51.7 Å². The molecule has 3 fully saturated rings. The lowest BCUT2D eigenvalue weighted by Crippen LogP contribution is -2.41. The van der Waals surface area contributed by atoms with E-state index in [-0.39, 0.29) is 0 Å². The molecular weight excluding hydrogens is 208 g/mol. The van der Waals surface area contributed by atoms with Crippen LogP contribution in [0.1, 0.15) is 46.0 Å². The third-order valence-electron chi connectivity index (χ3n) is 5.86. The quantitative estimate of drug-likeness (QED) is 0.798. The zero-order chi connectivity index (χ0) is 12.0. The van der Waals surface area contributed by atoms with Gasteiger partial charge < -0.3 is 10.6 Å². The van der Waals surface area contributed by atoms with Gasteiger partial charge >= 0.3 is 0 Å². The van der Waals surface area contributed by atoms with Crippen molar-refractivity contribution in [2.45, 2.75) is 52.0 Å². The molecule has 0 bridgehead atoms. The molecule has 98 valence electrons. The van der Waals surface area contributed by atoms with Crippen molar-refractivity contribution < 1.29 is 0 Å². The maximum Gasteiger partial charge on any atom is 0.0131 e. The van der Waals surface area contributed by atoms with Crippen LogP contribution in [0.2, 0.25) is 0 Å². The molecule has 3 rings (SSSR count). The van der Waals surface area contributed by atoms with Crippen LogP contribution >= 0.6 is 0 Å². The molecule has 2 aliphatic carbocycles. The molecule has 17 heavy (non-hydrogen) atoms. The summed E-state index contributed by atoms with van der Waals surface area (Å²) in [5, 5.41) is 0. The van der Waals surface area contributed by atoms with Crippen molar-refractivity contribution in [3.8, 4) is 0 Å². The summed E-state index contributed by atoms with van der Waals surface area (Å²) < 4.78 is 0. The van der Waals surface area contributed by atoms with Crippen LogP contribution in [0.4, 0.5) is 0 Å². The van der Waals surface area contributed by atoms with Crippen LogP contribution < -0.4 is 5.73 Å². The van der Waals surface area contributed by atoms with Crippen molar-refractivity contribution in [2.75, 3.05) is 19.6 Å². The molecule has 4 atom stereocenters. The Morgan fingerprint density at radius 2 is 1.76 bits per heavy atom. The van der Waals surface area contributed by atoms with Gasteiger partial charge in [-0.05, 0) is 48.9 Å². The monoisotopic (exact) mass is 236 g/mol. The Bertz CT molecular complexity index is 275. The van der Waals surface area contributed by atoms with Gasteiger partial charge in [-0.15, -0.1) is 0 Å². The molecule has 0 radical (unpaired) electrons. The summed E-state index contributed by atoms with van der Waals surface area (Å²) in [5.74, 6) is 2.81. The average Bonchev–Trinajstić information content (AvgIpc) is 2.88. The van der Waals surface area contributed by atoms with Crippen molar-refractivity contribution in [2.24, 2.45) is 28.9 Å². The van der Waals surface area contributed by atoms with Gasteiger partial charge in [-0.25, -0.2) is 0 Å². The van der Waals surface area contributed by atoms with Crippen LogP contribution in [0.15, 0.2) is 0 Å². The van der Waals surface area contributed by atoms with Crippen molar-refractivity contribution >= 4 is 0 Å². The average molecular weight is 236 g/mol. The van der Waals surface area contributed by atoms with Crippen molar-refractivity contribution in [1.82, 2.24) is 4.90 Å². The van der Waals surface area contributed by atoms with E-state index in [4.69, 9.17) is 5.73 Å². The van der Waals surface area contributed by atoms with Crippen LogP contribution in [-0.4, -0.2) is 30.6 Å².